The van der Waals surface area contributed by atoms with Crippen molar-refractivity contribution >= 4 is 21.6 Å². The molecule has 0 spiro atoms. The molecule has 0 aliphatic carbocycles. The lowest BCUT2D eigenvalue weighted by Crippen LogP contribution is -2.45. The fraction of sp³-hybridized carbons (Fsp3) is 0.269. The van der Waals surface area contributed by atoms with E-state index in [4.69, 9.17) is 4.74 Å². The van der Waals surface area contributed by atoms with Gasteiger partial charge in [0.25, 0.3) is 0 Å². The Morgan fingerprint density at radius 3 is 2.21 bits per heavy atom. The third kappa shape index (κ3) is 6.21. The molecule has 0 saturated carbocycles. The van der Waals surface area contributed by atoms with E-state index in [1.54, 1.807) is 12.1 Å². The topological polar surface area (TPSA) is 84.5 Å². The molecule has 1 atom stereocenters. The third-order valence-electron chi connectivity index (χ3n) is 5.44. The van der Waals surface area contributed by atoms with Gasteiger partial charge < -0.3 is 10.1 Å². The molecule has 0 bridgehead atoms. The number of anilines is 1. The number of benzene rings is 3. The van der Waals surface area contributed by atoms with Crippen LogP contribution in [-0.4, -0.2) is 27.5 Å². The van der Waals surface area contributed by atoms with Gasteiger partial charge in [-0.1, -0.05) is 62.4 Å². The molecule has 3 rings (SSSR count). The van der Waals surface area contributed by atoms with Crippen LogP contribution in [0.25, 0.3) is 0 Å². The largest absolute Gasteiger partial charge is 0.497 e. The van der Waals surface area contributed by atoms with Gasteiger partial charge in [0.15, 0.2) is 0 Å². The zero-order valence-corrected chi connectivity index (χ0v) is 20.1. The van der Waals surface area contributed by atoms with Crippen molar-refractivity contribution in [3.63, 3.8) is 0 Å². The first-order valence-corrected chi connectivity index (χ1v) is 12.3. The standard InChI is InChI=1S/C26H30N2O4S/c1-18(2)23-12-8-9-19(3)25(23)27-26(29)24(17-20-10-6-5-7-11-20)28-33(30,31)22-15-13-21(32-4)14-16-22/h5-16,18,24,28H,17H2,1-4H3,(H,27,29). The summed E-state index contributed by atoms with van der Waals surface area (Å²) in [5.74, 6) is 0.337. The van der Waals surface area contributed by atoms with Crippen LogP contribution >= 0.6 is 0 Å². The van der Waals surface area contributed by atoms with Gasteiger partial charge in [-0.3, -0.25) is 4.79 Å². The highest BCUT2D eigenvalue weighted by atomic mass is 32.2. The lowest BCUT2D eigenvalue weighted by molar-refractivity contribution is -0.117. The Morgan fingerprint density at radius 2 is 1.61 bits per heavy atom. The van der Waals surface area contributed by atoms with Crippen LogP contribution in [0, 0.1) is 6.92 Å². The number of ether oxygens (including phenoxy) is 1. The average molecular weight is 467 g/mol. The summed E-state index contributed by atoms with van der Waals surface area (Å²) in [7, 11) is -2.43. The van der Waals surface area contributed by atoms with E-state index in [-0.39, 0.29) is 17.2 Å². The highest BCUT2D eigenvalue weighted by Gasteiger charge is 2.27. The normalized spacial score (nSPS) is 12.4. The fourth-order valence-corrected chi connectivity index (χ4v) is 4.80. The van der Waals surface area contributed by atoms with Gasteiger partial charge in [-0.25, -0.2) is 8.42 Å². The Labute approximate surface area is 196 Å². The summed E-state index contributed by atoms with van der Waals surface area (Å²) in [6.07, 6.45) is 0.213. The molecule has 0 fully saturated rings. The van der Waals surface area contributed by atoms with Crippen LogP contribution < -0.4 is 14.8 Å². The summed E-state index contributed by atoms with van der Waals surface area (Å²) in [4.78, 5) is 13.5. The van der Waals surface area contributed by atoms with E-state index in [0.29, 0.717) is 5.75 Å². The minimum atomic E-state index is -3.94. The van der Waals surface area contributed by atoms with Crippen molar-refractivity contribution < 1.29 is 17.9 Å². The monoisotopic (exact) mass is 466 g/mol. The molecule has 0 aliphatic rings. The molecule has 3 aromatic rings. The Bertz CT molecular complexity index is 1190. The molecule has 7 heteroatoms. The average Bonchev–Trinajstić information content (AvgIpc) is 2.80. The number of aryl methyl sites for hydroxylation is 1. The zero-order chi connectivity index (χ0) is 24.0. The Kier molecular flexibility index (Phi) is 7.89. The first kappa shape index (κ1) is 24.5. The maximum absolute atomic E-state index is 13.4. The molecule has 0 aliphatic heterocycles. The van der Waals surface area contributed by atoms with E-state index in [0.717, 1.165) is 22.4 Å². The molecule has 174 valence electrons. The first-order chi connectivity index (χ1) is 15.7. The van der Waals surface area contributed by atoms with E-state index in [9.17, 15) is 13.2 Å². The molecule has 6 nitrogen and oxygen atoms in total. The highest BCUT2D eigenvalue weighted by Crippen LogP contribution is 2.28. The van der Waals surface area contributed by atoms with Crippen LogP contribution in [-0.2, 0) is 21.2 Å². The molecule has 0 saturated heterocycles. The van der Waals surface area contributed by atoms with Gasteiger partial charge >= 0.3 is 0 Å². The van der Waals surface area contributed by atoms with Gasteiger partial charge in [-0.15, -0.1) is 0 Å². The second-order valence-corrected chi connectivity index (χ2v) is 9.94. The van der Waals surface area contributed by atoms with Gasteiger partial charge in [-0.2, -0.15) is 4.72 Å². The predicted octanol–water partition coefficient (Wildman–Crippen LogP) is 4.66. The van der Waals surface area contributed by atoms with Crippen LogP contribution in [0.5, 0.6) is 5.75 Å². The predicted molar refractivity (Wildman–Crippen MR) is 131 cm³/mol. The number of sulfonamides is 1. The van der Waals surface area contributed by atoms with Gasteiger partial charge in [0.05, 0.1) is 12.0 Å². The Hall–Kier alpha value is -3.16. The number of hydrogen-bond acceptors (Lipinski definition) is 4. The number of para-hydroxylation sites is 1. The van der Waals surface area contributed by atoms with Crippen molar-refractivity contribution in [1.82, 2.24) is 4.72 Å². The smallest absolute Gasteiger partial charge is 0.242 e. The highest BCUT2D eigenvalue weighted by molar-refractivity contribution is 7.89. The molecular weight excluding hydrogens is 436 g/mol. The quantitative estimate of drug-likeness (QED) is 0.481. The fourth-order valence-electron chi connectivity index (χ4n) is 3.60. The molecule has 2 N–H and O–H groups in total. The summed E-state index contributed by atoms with van der Waals surface area (Å²) in [6.45, 7) is 6.03. The molecule has 0 radical (unpaired) electrons. The summed E-state index contributed by atoms with van der Waals surface area (Å²) in [5.41, 5.74) is 3.49. The molecule has 1 amide bonds. The number of carbonyl (C=O) groups is 1. The van der Waals surface area contributed by atoms with Gasteiger partial charge in [0.1, 0.15) is 11.8 Å². The van der Waals surface area contributed by atoms with Gasteiger partial charge in [-0.05, 0) is 60.2 Å². The Morgan fingerprint density at radius 1 is 0.939 bits per heavy atom. The van der Waals surface area contributed by atoms with Crippen molar-refractivity contribution in [2.24, 2.45) is 0 Å². The van der Waals surface area contributed by atoms with Gasteiger partial charge in [0.2, 0.25) is 15.9 Å². The van der Waals surface area contributed by atoms with Crippen molar-refractivity contribution in [1.29, 1.82) is 0 Å². The van der Waals surface area contributed by atoms with E-state index < -0.39 is 22.0 Å². The van der Waals surface area contributed by atoms with E-state index >= 15 is 0 Å². The number of methoxy groups -OCH3 is 1. The van der Waals surface area contributed by atoms with Crippen LogP contribution in [0.15, 0.2) is 77.7 Å². The van der Waals surface area contributed by atoms with Gasteiger partial charge in [0, 0.05) is 5.69 Å². The summed E-state index contributed by atoms with van der Waals surface area (Å²) in [5, 5.41) is 2.99. The molecule has 3 aromatic carbocycles. The van der Waals surface area contributed by atoms with E-state index in [1.807, 2.05) is 55.5 Å². The number of rotatable bonds is 9. The Balaban J connectivity index is 1.92. The lowest BCUT2D eigenvalue weighted by atomic mass is 9.97. The molecular formula is C26H30N2O4S. The van der Waals surface area contributed by atoms with Crippen molar-refractivity contribution in [3.05, 3.63) is 89.5 Å². The maximum Gasteiger partial charge on any atom is 0.242 e. The van der Waals surface area contributed by atoms with Crippen molar-refractivity contribution in [2.45, 2.75) is 44.0 Å². The minimum absolute atomic E-state index is 0.0629. The zero-order valence-electron chi connectivity index (χ0n) is 19.3. The number of carbonyl (C=O) groups excluding carboxylic acids is 1. The van der Waals surface area contributed by atoms with Crippen LogP contribution in [0.2, 0.25) is 0 Å². The summed E-state index contributed by atoms with van der Waals surface area (Å²) in [6, 6.07) is 20.2. The SMILES string of the molecule is COc1ccc(S(=O)(=O)NC(Cc2ccccc2)C(=O)Nc2c(C)cccc2C(C)C)cc1. The summed E-state index contributed by atoms with van der Waals surface area (Å²) < 4.78 is 33.9. The molecule has 1 unspecified atom stereocenters. The number of nitrogens with one attached hydrogen (secondary N) is 2. The molecule has 0 aromatic heterocycles. The lowest BCUT2D eigenvalue weighted by Gasteiger charge is -2.22. The van der Waals surface area contributed by atoms with Crippen LogP contribution in [0.4, 0.5) is 5.69 Å². The third-order valence-corrected chi connectivity index (χ3v) is 6.93. The van der Waals surface area contributed by atoms with E-state index in [2.05, 4.69) is 23.9 Å². The maximum atomic E-state index is 13.4. The van der Waals surface area contributed by atoms with Crippen LogP contribution in [0.1, 0.15) is 36.5 Å². The molecule has 33 heavy (non-hydrogen) atoms. The second kappa shape index (κ2) is 10.6. The summed E-state index contributed by atoms with van der Waals surface area (Å²) >= 11 is 0. The minimum Gasteiger partial charge on any atom is -0.497 e. The first-order valence-electron chi connectivity index (χ1n) is 10.8. The van der Waals surface area contributed by atoms with Crippen molar-refractivity contribution in [3.8, 4) is 5.75 Å². The molecule has 0 heterocycles. The van der Waals surface area contributed by atoms with Crippen LogP contribution in [0.3, 0.4) is 0 Å². The number of hydrogen-bond donors (Lipinski definition) is 2. The van der Waals surface area contributed by atoms with E-state index in [1.165, 1.54) is 19.2 Å². The second-order valence-electron chi connectivity index (χ2n) is 8.22. The number of amides is 1. The van der Waals surface area contributed by atoms with Crippen molar-refractivity contribution in [2.75, 3.05) is 12.4 Å².